The van der Waals surface area contributed by atoms with Crippen molar-refractivity contribution in [2.75, 3.05) is 12.3 Å². The first kappa shape index (κ1) is 14.6. The minimum absolute atomic E-state index is 0.00889. The van der Waals surface area contributed by atoms with Gasteiger partial charge in [-0.3, -0.25) is 4.98 Å². The molecule has 0 aliphatic carbocycles. The lowest BCUT2D eigenvalue weighted by atomic mass is 9.96. The van der Waals surface area contributed by atoms with Crippen molar-refractivity contribution in [2.24, 2.45) is 0 Å². The number of pyridine rings is 1. The normalized spacial score (nSPS) is 19.8. The molecule has 0 saturated carbocycles. The molecule has 1 aromatic rings. The maximum Gasteiger partial charge on any atom is 0.410 e. The molecule has 1 aromatic heterocycles. The summed E-state index contributed by atoms with van der Waals surface area (Å²) < 4.78 is 5.49. The van der Waals surface area contributed by atoms with Gasteiger partial charge in [0, 0.05) is 18.9 Å². The third kappa shape index (κ3) is 3.62. The number of ether oxygens (including phenoxy) is 1. The number of amides is 1. The van der Waals surface area contributed by atoms with Gasteiger partial charge in [0.05, 0.1) is 11.7 Å². The van der Waals surface area contributed by atoms with Gasteiger partial charge >= 0.3 is 6.09 Å². The minimum Gasteiger partial charge on any atom is -0.444 e. The summed E-state index contributed by atoms with van der Waals surface area (Å²) >= 11 is 0. The summed E-state index contributed by atoms with van der Waals surface area (Å²) in [4.78, 5) is 18.3. The largest absolute Gasteiger partial charge is 0.444 e. The van der Waals surface area contributed by atoms with Gasteiger partial charge in [-0.1, -0.05) is 0 Å². The summed E-state index contributed by atoms with van der Waals surface area (Å²) in [6, 6.07) is 1.90. The van der Waals surface area contributed by atoms with Crippen LogP contribution >= 0.6 is 0 Å². The van der Waals surface area contributed by atoms with E-state index in [-0.39, 0.29) is 12.1 Å². The van der Waals surface area contributed by atoms with Crippen LogP contribution in [0.25, 0.3) is 0 Å². The lowest BCUT2D eigenvalue weighted by Gasteiger charge is -2.36. The quantitative estimate of drug-likeness (QED) is 0.856. The zero-order chi connectivity index (χ0) is 14.8. The molecule has 20 heavy (non-hydrogen) atoms. The molecule has 5 heteroatoms. The molecule has 5 nitrogen and oxygen atoms in total. The Balaban J connectivity index is 2.19. The first-order valence-electron chi connectivity index (χ1n) is 7.07. The number of hydrogen-bond acceptors (Lipinski definition) is 4. The molecule has 2 heterocycles. The molecule has 1 saturated heterocycles. The van der Waals surface area contributed by atoms with Crippen molar-refractivity contribution in [1.29, 1.82) is 0 Å². The van der Waals surface area contributed by atoms with Crippen LogP contribution in [-0.4, -0.2) is 28.1 Å². The summed E-state index contributed by atoms with van der Waals surface area (Å²) in [5.74, 6) is 0. The van der Waals surface area contributed by atoms with E-state index in [1.54, 1.807) is 17.3 Å². The molecule has 0 radical (unpaired) electrons. The summed E-state index contributed by atoms with van der Waals surface area (Å²) in [6.07, 6.45) is 6.16. The number of piperidine rings is 1. The first-order chi connectivity index (χ1) is 9.37. The van der Waals surface area contributed by atoms with Gasteiger partial charge in [0.15, 0.2) is 0 Å². The summed E-state index contributed by atoms with van der Waals surface area (Å²) in [5.41, 5.74) is 6.92. The van der Waals surface area contributed by atoms with Crippen molar-refractivity contribution in [3.63, 3.8) is 0 Å². The van der Waals surface area contributed by atoms with Gasteiger partial charge in [-0.15, -0.1) is 0 Å². The van der Waals surface area contributed by atoms with Gasteiger partial charge in [0.1, 0.15) is 5.60 Å². The van der Waals surface area contributed by atoms with Crippen LogP contribution in [0.15, 0.2) is 18.5 Å². The predicted octanol–water partition coefficient (Wildman–Crippen LogP) is 3.13. The Morgan fingerprint density at radius 1 is 1.40 bits per heavy atom. The number of carbonyl (C=O) groups excluding carboxylic acids is 1. The van der Waals surface area contributed by atoms with Crippen molar-refractivity contribution in [3.8, 4) is 0 Å². The summed E-state index contributed by atoms with van der Waals surface area (Å²) in [5, 5.41) is 0. The van der Waals surface area contributed by atoms with Gasteiger partial charge in [0.2, 0.25) is 0 Å². The number of carbonyl (C=O) groups is 1. The van der Waals surface area contributed by atoms with E-state index >= 15 is 0 Å². The topological polar surface area (TPSA) is 68.5 Å². The maximum absolute atomic E-state index is 12.3. The molecule has 110 valence electrons. The first-order valence-corrected chi connectivity index (χ1v) is 7.07. The minimum atomic E-state index is -0.479. The van der Waals surface area contributed by atoms with Crippen LogP contribution in [0.2, 0.25) is 0 Å². The highest BCUT2D eigenvalue weighted by Crippen LogP contribution is 2.32. The molecular weight excluding hydrogens is 254 g/mol. The third-order valence-corrected chi connectivity index (χ3v) is 3.30. The Bertz CT molecular complexity index is 482. The Morgan fingerprint density at radius 3 is 2.80 bits per heavy atom. The highest BCUT2D eigenvalue weighted by atomic mass is 16.6. The van der Waals surface area contributed by atoms with E-state index in [0.717, 1.165) is 24.8 Å². The van der Waals surface area contributed by atoms with Crippen molar-refractivity contribution in [1.82, 2.24) is 9.88 Å². The van der Waals surface area contributed by atoms with Crippen LogP contribution in [0, 0.1) is 0 Å². The monoisotopic (exact) mass is 277 g/mol. The number of likely N-dealkylation sites (tertiary alicyclic amines) is 1. The third-order valence-electron chi connectivity index (χ3n) is 3.30. The maximum atomic E-state index is 12.3. The lowest BCUT2D eigenvalue weighted by Crippen LogP contribution is -2.41. The van der Waals surface area contributed by atoms with E-state index in [2.05, 4.69) is 4.98 Å². The Morgan fingerprint density at radius 2 is 2.15 bits per heavy atom. The van der Waals surface area contributed by atoms with Gasteiger partial charge in [-0.2, -0.15) is 0 Å². The SMILES string of the molecule is CC(C)(C)OC(=O)N1CCCC[C@@H]1c1cncc(N)c1. The van der Waals surface area contributed by atoms with E-state index in [4.69, 9.17) is 10.5 Å². The van der Waals surface area contributed by atoms with Gasteiger partial charge < -0.3 is 15.4 Å². The fourth-order valence-corrected chi connectivity index (χ4v) is 2.48. The number of nitrogen functional groups attached to an aromatic ring is 1. The average molecular weight is 277 g/mol. The molecule has 1 aliphatic rings. The number of aromatic nitrogens is 1. The van der Waals surface area contributed by atoms with E-state index in [9.17, 15) is 4.79 Å². The van der Waals surface area contributed by atoms with Gasteiger partial charge in [-0.25, -0.2) is 4.79 Å². The zero-order valence-corrected chi connectivity index (χ0v) is 12.4. The summed E-state index contributed by atoms with van der Waals surface area (Å²) in [6.45, 7) is 6.36. The van der Waals surface area contributed by atoms with Crippen LogP contribution in [0.4, 0.5) is 10.5 Å². The Hall–Kier alpha value is -1.78. The molecule has 1 amide bonds. The second-order valence-corrected chi connectivity index (χ2v) is 6.24. The molecule has 2 rings (SSSR count). The molecule has 0 unspecified atom stereocenters. The fourth-order valence-electron chi connectivity index (χ4n) is 2.48. The molecule has 1 aliphatic heterocycles. The predicted molar refractivity (Wildman–Crippen MR) is 78.2 cm³/mol. The highest BCUT2D eigenvalue weighted by Gasteiger charge is 2.31. The summed E-state index contributed by atoms with van der Waals surface area (Å²) in [7, 11) is 0. The van der Waals surface area contributed by atoms with E-state index in [0.29, 0.717) is 12.2 Å². The Labute approximate surface area is 120 Å². The van der Waals surface area contributed by atoms with Crippen molar-refractivity contribution in [3.05, 3.63) is 24.0 Å². The second-order valence-electron chi connectivity index (χ2n) is 6.24. The number of anilines is 1. The van der Waals surface area contributed by atoms with Crippen LogP contribution in [0.3, 0.4) is 0 Å². The van der Waals surface area contributed by atoms with Crippen molar-refractivity contribution >= 4 is 11.8 Å². The standard InChI is InChI=1S/C15H23N3O2/c1-15(2,3)20-14(19)18-7-5-4-6-13(18)11-8-12(16)10-17-9-11/h8-10,13H,4-7,16H2,1-3H3/t13-/m1/s1. The molecular formula is C15H23N3O2. The van der Waals surface area contributed by atoms with Crippen molar-refractivity contribution < 1.29 is 9.53 Å². The molecule has 0 aromatic carbocycles. The number of nitrogens with zero attached hydrogens (tertiary/aromatic N) is 2. The van der Waals surface area contributed by atoms with Crippen LogP contribution in [0.5, 0.6) is 0 Å². The smallest absolute Gasteiger partial charge is 0.410 e. The molecule has 2 N–H and O–H groups in total. The van der Waals surface area contributed by atoms with Crippen LogP contribution in [0.1, 0.15) is 51.6 Å². The lowest BCUT2D eigenvalue weighted by molar-refractivity contribution is 0.00948. The number of rotatable bonds is 1. The Kier molecular flexibility index (Phi) is 4.16. The highest BCUT2D eigenvalue weighted by molar-refractivity contribution is 5.69. The fraction of sp³-hybridized carbons (Fsp3) is 0.600. The zero-order valence-electron chi connectivity index (χ0n) is 12.4. The van der Waals surface area contributed by atoms with Crippen molar-refractivity contribution in [2.45, 2.75) is 51.7 Å². The van der Waals surface area contributed by atoms with Gasteiger partial charge in [-0.05, 0) is 51.7 Å². The van der Waals surface area contributed by atoms with E-state index in [1.165, 1.54) is 0 Å². The molecule has 1 atom stereocenters. The van der Waals surface area contributed by atoms with Crippen LogP contribution < -0.4 is 5.73 Å². The molecule has 0 spiro atoms. The molecule has 0 bridgehead atoms. The second kappa shape index (κ2) is 5.69. The number of nitrogens with two attached hydrogens (primary N) is 1. The van der Waals surface area contributed by atoms with E-state index < -0.39 is 5.60 Å². The van der Waals surface area contributed by atoms with Crippen LogP contribution in [-0.2, 0) is 4.74 Å². The molecule has 1 fully saturated rings. The number of hydrogen-bond donors (Lipinski definition) is 1. The van der Waals surface area contributed by atoms with E-state index in [1.807, 2.05) is 26.8 Å². The average Bonchev–Trinajstić information content (AvgIpc) is 2.37. The van der Waals surface area contributed by atoms with Gasteiger partial charge in [0.25, 0.3) is 0 Å².